The number of hydrogen-bond acceptors (Lipinski definition) is 5. The molecule has 0 aliphatic heterocycles. The second-order valence-electron chi connectivity index (χ2n) is 7.53. The fourth-order valence-electron chi connectivity index (χ4n) is 2.14. The van der Waals surface area contributed by atoms with Gasteiger partial charge in [-0.3, -0.25) is 4.79 Å². The lowest BCUT2D eigenvalue weighted by Gasteiger charge is -2.17. The molecule has 0 aliphatic rings. The van der Waals surface area contributed by atoms with Crippen LogP contribution in [0.15, 0.2) is 29.8 Å². The van der Waals surface area contributed by atoms with E-state index < -0.39 is 5.97 Å². The zero-order valence-corrected chi connectivity index (χ0v) is 18.1. The predicted molar refractivity (Wildman–Crippen MR) is 112 cm³/mol. The highest BCUT2D eigenvalue weighted by Gasteiger charge is 2.12. The van der Waals surface area contributed by atoms with Crippen molar-refractivity contribution in [2.24, 2.45) is 5.92 Å². The largest absolute Gasteiger partial charge is 0.465 e. The summed E-state index contributed by atoms with van der Waals surface area (Å²) in [4.78, 5) is 21.7. The van der Waals surface area contributed by atoms with Gasteiger partial charge in [0, 0.05) is 6.92 Å². The zero-order valence-electron chi connectivity index (χ0n) is 18.1. The minimum atomic E-state index is -0.616. The summed E-state index contributed by atoms with van der Waals surface area (Å²) in [5.41, 5.74) is 2.63. The van der Waals surface area contributed by atoms with Crippen LogP contribution in [0.4, 0.5) is 0 Å². The molecular weight excluding hydrogens is 354 g/mol. The van der Waals surface area contributed by atoms with Crippen molar-refractivity contribution in [1.82, 2.24) is 0 Å². The van der Waals surface area contributed by atoms with Crippen molar-refractivity contribution in [1.29, 1.82) is 5.26 Å². The van der Waals surface area contributed by atoms with Crippen molar-refractivity contribution in [3.8, 4) is 6.07 Å². The van der Waals surface area contributed by atoms with Gasteiger partial charge in [0.15, 0.2) is 0 Å². The molecule has 0 saturated heterocycles. The lowest BCUT2D eigenvalue weighted by Crippen LogP contribution is -2.21. The number of nitriles is 1. The normalized spacial score (nSPS) is 11.5. The van der Waals surface area contributed by atoms with Crippen LogP contribution in [0.3, 0.4) is 0 Å². The minimum Gasteiger partial charge on any atom is -0.465 e. The summed E-state index contributed by atoms with van der Waals surface area (Å²) in [5, 5.41) is 8.99. The molecule has 1 rings (SSSR count). The van der Waals surface area contributed by atoms with Crippen LogP contribution in [0.2, 0.25) is 0 Å². The lowest BCUT2D eigenvalue weighted by atomic mass is 9.99. The Morgan fingerprint density at radius 3 is 2.14 bits per heavy atom. The van der Waals surface area contributed by atoms with Crippen molar-refractivity contribution >= 4 is 24.1 Å². The monoisotopic (exact) mass is 385 g/mol. The molecule has 28 heavy (non-hydrogen) atoms. The molecule has 0 bridgehead atoms. The first-order chi connectivity index (χ1) is 12.9. The summed E-state index contributed by atoms with van der Waals surface area (Å²) in [6.07, 6.45) is 5.73. The van der Waals surface area contributed by atoms with Crippen LogP contribution in [0.1, 0.15) is 58.2 Å². The van der Waals surface area contributed by atoms with Gasteiger partial charge in [0.2, 0.25) is 0 Å². The Kier molecular flexibility index (Phi) is 10.6. The number of carbonyl (C=O) groups is 2. The van der Waals surface area contributed by atoms with Crippen LogP contribution in [0, 0.1) is 24.2 Å². The average Bonchev–Trinajstić information content (AvgIpc) is 2.57. The molecule has 1 aromatic rings. The van der Waals surface area contributed by atoms with Crippen LogP contribution in [0.5, 0.6) is 0 Å². The summed E-state index contributed by atoms with van der Waals surface area (Å²) in [5.74, 6) is -0.370. The maximum absolute atomic E-state index is 11.4. The van der Waals surface area contributed by atoms with Crippen LogP contribution < -0.4 is 0 Å². The van der Waals surface area contributed by atoms with Crippen LogP contribution in [-0.2, 0) is 19.1 Å². The first-order valence-electron chi connectivity index (χ1n) is 9.08. The Bertz CT molecular complexity index is 775. The third-order valence-corrected chi connectivity index (χ3v) is 3.35. The van der Waals surface area contributed by atoms with Crippen LogP contribution >= 0.6 is 0 Å². The van der Waals surface area contributed by atoms with Gasteiger partial charge in [-0.2, -0.15) is 5.26 Å². The van der Waals surface area contributed by atoms with Gasteiger partial charge in [-0.25, -0.2) is 4.79 Å². The SMILES string of the molecule is CC(=O)OC(C)(C)C.COC(=O)/C(C#N)=C\c1cccc(/C=C\C(C)C)c1C. The van der Waals surface area contributed by atoms with E-state index in [9.17, 15) is 9.59 Å². The molecule has 0 heterocycles. The van der Waals surface area contributed by atoms with Gasteiger partial charge < -0.3 is 9.47 Å². The van der Waals surface area contributed by atoms with Gasteiger partial charge in [0.1, 0.15) is 17.2 Å². The first-order valence-corrected chi connectivity index (χ1v) is 9.08. The second kappa shape index (κ2) is 11.8. The number of allylic oxidation sites excluding steroid dienone is 1. The van der Waals surface area contributed by atoms with E-state index in [1.54, 1.807) is 6.08 Å². The minimum absolute atomic E-state index is 0.000546. The summed E-state index contributed by atoms with van der Waals surface area (Å²) in [6, 6.07) is 7.66. The van der Waals surface area contributed by atoms with Crippen LogP contribution in [0.25, 0.3) is 12.2 Å². The quantitative estimate of drug-likeness (QED) is 0.410. The molecule has 1 aromatic carbocycles. The lowest BCUT2D eigenvalue weighted by molar-refractivity contribution is -0.151. The Hall–Kier alpha value is -2.87. The molecule has 0 amide bonds. The maximum atomic E-state index is 11.4. The van der Waals surface area contributed by atoms with Crippen LogP contribution in [-0.4, -0.2) is 24.6 Å². The fourth-order valence-corrected chi connectivity index (χ4v) is 2.14. The number of rotatable bonds is 4. The number of nitrogens with zero attached hydrogens (tertiary/aromatic N) is 1. The van der Waals surface area contributed by atoms with E-state index in [1.807, 2.05) is 52.0 Å². The standard InChI is InChI=1S/C17H19NO2.C6H12O2/c1-12(2)8-9-14-6-5-7-15(13(14)3)10-16(11-18)17(19)20-4;1-5(7)8-6(2,3)4/h5-10,12H,1-4H3;1-4H3/b9-8-,16-10-;. The first kappa shape index (κ1) is 25.1. The van der Waals surface area contributed by atoms with Crippen molar-refractivity contribution < 1.29 is 19.1 Å². The topological polar surface area (TPSA) is 76.4 Å². The van der Waals surface area contributed by atoms with E-state index in [1.165, 1.54) is 14.0 Å². The molecule has 0 atom stereocenters. The van der Waals surface area contributed by atoms with Gasteiger partial charge in [0.05, 0.1) is 7.11 Å². The van der Waals surface area contributed by atoms with Gasteiger partial charge in [-0.1, -0.05) is 44.2 Å². The fraction of sp³-hybridized carbons (Fsp3) is 0.435. The van der Waals surface area contributed by atoms with Gasteiger partial charge in [-0.05, 0) is 56.4 Å². The molecule has 5 heteroatoms. The molecule has 0 aromatic heterocycles. The molecule has 0 radical (unpaired) electrons. The Morgan fingerprint density at radius 2 is 1.75 bits per heavy atom. The van der Waals surface area contributed by atoms with E-state index in [4.69, 9.17) is 10.00 Å². The molecule has 0 aliphatic carbocycles. The van der Waals surface area contributed by atoms with E-state index in [0.717, 1.165) is 16.7 Å². The Labute approximate surface area is 168 Å². The van der Waals surface area contributed by atoms with Crippen molar-refractivity contribution in [2.45, 2.75) is 54.1 Å². The average molecular weight is 386 g/mol. The summed E-state index contributed by atoms with van der Waals surface area (Å²) in [6.45, 7) is 13.1. The molecule has 0 saturated carbocycles. The summed E-state index contributed by atoms with van der Waals surface area (Å²) >= 11 is 0. The zero-order chi connectivity index (χ0) is 21.9. The number of hydrogen-bond donors (Lipinski definition) is 0. The number of benzene rings is 1. The third kappa shape index (κ3) is 10.3. The Morgan fingerprint density at radius 1 is 1.18 bits per heavy atom. The molecule has 0 unspecified atom stereocenters. The number of ether oxygens (including phenoxy) is 2. The summed E-state index contributed by atoms with van der Waals surface area (Å²) < 4.78 is 9.38. The Balaban J connectivity index is 0.000000769. The molecule has 5 nitrogen and oxygen atoms in total. The van der Waals surface area contributed by atoms with Gasteiger partial charge in [0.25, 0.3) is 0 Å². The highest BCUT2D eigenvalue weighted by Crippen LogP contribution is 2.19. The molecule has 0 spiro atoms. The molecular formula is C23H31NO4. The number of esters is 2. The van der Waals surface area contributed by atoms with E-state index in [0.29, 0.717) is 5.92 Å². The summed E-state index contributed by atoms with van der Waals surface area (Å²) in [7, 11) is 1.27. The van der Waals surface area contributed by atoms with Crippen molar-refractivity contribution in [3.63, 3.8) is 0 Å². The van der Waals surface area contributed by atoms with E-state index in [2.05, 4.69) is 30.7 Å². The third-order valence-electron chi connectivity index (χ3n) is 3.35. The molecule has 0 fully saturated rings. The van der Waals surface area contributed by atoms with Gasteiger partial charge >= 0.3 is 11.9 Å². The predicted octanol–water partition coefficient (Wildman–Crippen LogP) is 5.09. The van der Waals surface area contributed by atoms with Crippen molar-refractivity contribution in [2.75, 3.05) is 7.11 Å². The highest BCUT2D eigenvalue weighted by molar-refractivity contribution is 5.98. The molecule has 0 N–H and O–H groups in total. The van der Waals surface area contributed by atoms with E-state index in [-0.39, 0.29) is 17.1 Å². The second-order valence-corrected chi connectivity index (χ2v) is 7.53. The van der Waals surface area contributed by atoms with Crippen molar-refractivity contribution in [3.05, 3.63) is 46.5 Å². The van der Waals surface area contributed by atoms with E-state index >= 15 is 0 Å². The number of methoxy groups -OCH3 is 1. The van der Waals surface area contributed by atoms with Gasteiger partial charge in [-0.15, -0.1) is 0 Å². The smallest absolute Gasteiger partial charge is 0.348 e. The molecule has 152 valence electrons. The highest BCUT2D eigenvalue weighted by atomic mass is 16.6. The maximum Gasteiger partial charge on any atom is 0.348 e. The number of carbonyl (C=O) groups excluding carboxylic acids is 2.